The molecule has 15 heteroatoms. The van der Waals surface area contributed by atoms with Crippen molar-refractivity contribution in [3.05, 3.63) is 39.0 Å². The maximum Gasteiger partial charge on any atom is 0.446 e. The van der Waals surface area contributed by atoms with Gasteiger partial charge in [0.05, 0.1) is 17.3 Å². The Bertz CT molecular complexity index is 1190. The quantitative estimate of drug-likeness (QED) is 0.227. The summed E-state index contributed by atoms with van der Waals surface area (Å²) in [6, 6.07) is 4.46. The lowest BCUT2D eigenvalue weighted by molar-refractivity contribution is -0.152. The molecule has 1 aliphatic rings. The highest BCUT2D eigenvalue weighted by molar-refractivity contribution is 9.10. The highest BCUT2D eigenvalue weighted by atomic mass is 79.9. The third-order valence-corrected chi connectivity index (χ3v) is 4.77. The molecule has 1 amide bonds. The number of benzene rings is 1. The summed E-state index contributed by atoms with van der Waals surface area (Å²) in [4.78, 5) is 34.5. The first-order chi connectivity index (χ1) is 16.8. The average molecular weight is 558 g/mol. The highest BCUT2D eigenvalue weighted by Crippen LogP contribution is 2.26. The second-order valence-electron chi connectivity index (χ2n) is 6.68. The SMILES string of the molecule is CC.COC(=O)C(=O)NCCNc1nonc1-c1noc(=O)n1-c1ccc(F)c(Br)c1.NC1CC1. The van der Waals surface area contributed by atoms with Gasteiger partial charge in [0.2, 0.25) is 11.6 Å². The Balaban J connectivity index is 0.000000639. The van der Waals surface area contributed by atoms with E-state index in [1.54, 1.807) is 0 Å². The molecule has 0 unspecified atom stereocenters. The number of hydrogen-bond donors (Lipinski definition) is 3. The van der Waals surface area contributed by atoms with Gasteiger partial charge in [-0.05, 0) is 57.3 Å². The second kappa shape index (κ2) is 13.3. The van der Waals surface area contributed by atoms with Crippen LogP contribution >= 0.6 is 15.9 Å². The Hall–Kier alpha value is -3.59. The minimum absolute atomic E-state index is 0.0376. The predicted octanol–water partition coefficient (Wildman–Crippen LogP) is 1.61. The average Bonchev–Trinajstić information content (AvgIpc) is 3.35. The van der Waals surface area contributed by atoms with Crippen LogP contribution in [0.2, 0.25) is 0 Å². The zero-order valence-corrected chi connectivity index (χ0v) is 20.8. The molecule has 1 aromatic carbocycles. The Morgan fingerprint density at radius 2 is 1.94 bits per heavy atom. The summed E-state index contributed by atoms with van der Waals surface area (Å²) in [5.41, 5.74) is 5.52. The molecule has 1 saturated carbocycles. The molecule has 190 valence electrons. The van der Waals surface area contributed by atoms with Crippen molar-refractivity contribution >= 4 is 33.6 Å². The fraction of sp³-hybridized carbons (Fsp3) is 0.400. The molecule has 1 aliphatic carbocycles. The summed E-state index contributed by atoms with van der Waals surface area (Å²) in [6.07, 6.45) is 2.53. The maximum absolute atomic E-state index is 13.5. The Labute approximate surface area is 207 Å². The van der Waals surface area contributed by atoms with Crippen molar-refractivity contribution in [1.82, 2.24) is 25.4 Å². The lowest BCUT2D eigenvalue weighted by Gasteiger charge is -2.06. The third-order valence-electron chi connectivity index (χ3n) is 4.16. The number of nitrogens with zero attached hydrogens (tertiary/aromatic N) is 4. The highest BCUT2D eigenvalue weighted by Gasteiger charge is 2.23. The monoisotopic (exact) mass is 557 g/mol. The van der Waals surface area contributed by atoms with Gasteiger partial charge in [-0.3, -0.25) is 9.32 Å². The molecular weight excluding hydrogens is 533 g/mol. The number of carbonyl (C=O) groups is 2. The number of aromatic nitrogens is 4. The smallest absolute Gasteiger partial charge is 0.446 e. The number of carbonyl (C=O) groups excluding carboxylic acids is 2. The van der Waals surface area contributed by atoms with Crippen molar-refractivity contribution in [1.29, 1.82) is 0 Å². The Morgan fingerprint density at radius 1 is 1.26 bits per heavy atom. The number of methoxy groups -OCH3 is 1. The molecule has 35 heavy (non-hydrogen) atoms. The van der Waals surface area contributed by atoms with Crippen LogP contribution in [0.1, 0.15) is 26.7 Å². The van der Waals surface area contributed by atoms with Crippen LogP contribution in [-0.2, 0) is 14.3 Å². The van der Waals surface area contributed by atoms with Gasteiger partial charge in [0.25, 0.3) is 0 Å². The summed E-state index contributed by atoms with van der Waals surface area (Å²) < 4.78 is 28.3. The standard InChI is InChI=1S/C15H12BrFN6O6.C3H7N.C2H6/c1-27-14(25)13(24)19-5-4-18-11-10(20-29-21-11)12-22-28-15(26)23(12)7-2-3-9(17)8(16)6-7;4-3-1-2-3;1-2/h2-3,6H,4-5H2,1H3,(H,18,21)(H,19,24);3H,1-2,4H2;1-2H3. The molecule has 0 radical (unpaired) electrons. The molecule has 4 N–H and O–H groups in total. The Kier molecular flexibility index (Phi) is 10.5. The summed E-state index contributed by atoms with van der Waals surface area (Å²) >= 11 is 3.05. The molecule has 0 aliphatic heterocycles. The van der Waals surface area contributed by atoms with Gasteiger partial charge in [0.15, 0.2) is 5.69 Å². The zero-order valence-electron chi connectivity index (χ0n) is 19.2. The van der Waals surface area contributed by atoms with E-state index in [1.165, 1.54) is 25.0 Å². The molecular formula is C20H25BrFN7O6. The van der Waals surface area contributed by atoms with Crippen molar-refractivity contribution in [2.75, 3.05) is 25.5 Å². The molecule has 13 nitrogen and oxygen atoms in total. The fourth-order valence-corrected chi connectivity index (χ4v) is 2.69. The largest absolute Gasteiger partial charge is 0.462 e. The van der Waals surface area contributed by atoms with E-state index in [0.29, 0.717) is 6.04 Å². The van der Waals surface area contributed by atoms with E-state index >= 15 is 0 Å². The van der Waals surface area contributed by atoms with Crippen molar-refractivity contribution < 1.29 is 27.9 Å². The van der Waals surface area contributed by atoms with Crippen LogP contribution < -0.4 is 22.1 Å². The number of anilines is 1. The summed E-state index contributed by atoms with van der Waals surface area (Å²) in [5.74, 6) is -3.22. The molecule has 3 aromatic rings. The number of hydrogen-bond acceptors (Lipinski definition) is 11. The topological polar surface area (TPSA) is 180 Å². The van der Waals surface area contributed by atoms with Gasteiger partial charge >= 0.3 is 17.6 Å². The number of amides is 1. The van der Waals surface area contributed by atoms with E-state index in [4.69, 9.17) is 10.3 Å². The van der Waals surface area contributed by atoms with Crippen LogP contribution in [0.25, 0.3) is 17.2 Å². The van der Waals surface area contributed by atoms with Crippen molar-refractivity contribution in [3.8, 4) is 17.2 Å². The number of nitrogens with two attached hydrogens (primary N) is 1. The molecule has 0 spiro atoms. The van der Waals surface area contributed by atoms with E-state index < -0.39 is 23.4 Å². The molecule has 2 aromatic heterocycles. The lowest BCUT2D eigenvalue weighted by atomic mass is 10.3. The molecule has 0 saturated heterocycles. The van der Waals surface area contributed by atoms with E-state index in [1.807, 2.05) is 13.8 Å². The van der Waals surface area contributed by atoms with Crippen LogP contribution in [0, 0.1) is 5.82 Å². The normalized spacial score (nSPS) is 11.9. The first-order valence-electron chi connectivity index (χ1n) is 10.5. The zero-order chi connectivity index (χ0) is 26.0. The lowest BCUT2D eigenvalue weighted by Crippen LogP contribution is -2.35. The third kappa shape index (κ3) is 7.71. The van der Waals surface area contributed by atoms with E-state index in [9.17, 15) is 18.8 Å². The van der Waals surface area contributed by atoms with Crippen LogP contribution in [0.4, 0.5) is 10.2 Å². The minimum atomic E-state index is -1.02. The van der Waals surface area contributed by atoms with Gasteiger partial charge in [-0.25, -0.2) is 23.2 Å². The van der Waals surface area contributed by atoms with Crippen LogP contribution in [-0.4, -0.2) is 58.2 Å². The van der Waals surface area contributed by atoms with Crippen molar-refractivity contribution in [2.24, 2.45) is 5.73 Å². The van der Waals surface area contributed by atoms with Crippen molar-refractivity contribution in [3.63, 3.8) is 0 Å². The van der Waals surface area contributed by atoms with E-state index in [0.717, 1.165) is 17.7 Å². The van der Waals surface area contributed by atoms with Gasteiger partial charge < -0.3 is 21.1 Å². The van der Waals surface area contributed by atoms with Gasteiger partial charge in [0.1, 0.15) is 5.82 Å². The molecule has 0 bridgehead atoms. The van der Waals surface area contributed by atoms with Crippen LogP contribution in [0.3, 0.4) is 0 Å². The van der Waals surface area contributed by atoms with Gasteiger partial charge in [-0.1, -0.05) is 19.0 Å². The minimum Gasteiger partial charge on any atom is -0.462 e. The molecule has 1 fully saturated rings. The first kappa shape index (κ1) is 27.7. The van der Waals surface area contributed by atoms with Gasteiger partial charge in [0, 0.05) is 19.1 Å². The number of esters is 1. The van der Waals surface area contributed by atoms with Crippen LogP contribution in [0.5, 0.6) is 0 Å². The Morgan fingerprint density at radius 3 is 2.54 bits per heavy atom. The summed E-state index contributed by atoms with van der Waals surface area (Å²) in [6.45, 7) is 4.19. The fourth-order valence-electron chi connectivity index (χ4n) is 2.32. The van der Waals surface area contributed by atoms with Crippen molar-refractivity contribution in [2.45, 2.75) is 32.7 Å². The number of halogens is 2. The van der Waals surface area contributed by atoms with E-state index in [2.05, 4.69) is 51.4 Å². The predicted molar refractivity (Wildman–Crippen MR) is 125 cm³/mol. The van der Waals surface area contributed by atoms with Gasteiger partial charge in [-0.2, -0.15) is 0 Å². The maximum atomic E-state index is 13.5. The molecule has 4 rings (SSSR count). The number of rotatable bonds is 6. The molecule has 0 atom stereocenters. The first-order valence-corrected chi connectivity index (χ1v) is 11.3. The summed E-state index contributed by atoms with van der Waals surface area (Å²) in [7, 11) is 1.09. The summed E-state index contributed by atoms with van der Waals surface area (Å²) in [5, 5.41) is 16.2. The van der Waals surface area contributed by atoms with Crippen LogP contribution in [0.15, 0.2) is 36.6 Å². The second-order valence-corrected chi connectivity index (χ2v) is 7.53. The van der Waals surface area contributed by atoms with E-state index in [-0.39, 0.29) is 40.6 Å². The number of nitrogens with one attached hydrogen (secondary N) is 2. The molecule has 2 heterocycles. The number of ether oxygens (including phenoxy) is 1. The van der Waals surface area contributed by atoms with Gasteiger partial charge in [-0.15, -0.1) is 0 Å².